The van der Waals surface area contributed by atoms with Crippen LogP contribution in [0.3, 0.4) is 0 Å². The van der Waals surface area contributed by atoms with Crippen LogP contribution in [-0.4, -0.2) is 42.3 Å². The van der Waals surface area contributed by atoms with Crippen LogP contribution in [0, 0.1) is 34.5 Å². The fraction of sp³-hybridized carbons (Fsp3) is 0.880. The van der Waals surface area contributed by atoms with Gasteiger partial charge in [-0.15, -0.1) is 0 Å². The molecule has 1 spiro atoms. The van der Waals surface area contributed by atoms with E-state index in [1.807, 2.05) is 6.92 Å². The summed E-state index contributed by atoms with van der Waals surface area (Å²) in [7, 11) is 0. The van der Waals surface area contributed by atoms with E-state index in [9.17, 15) is 9.90 Å². The molecule has 4 aliphatic carbocycles. The number of fused-ring (bicyclic) bond motifs is 6. The third-order valence-electron chi connectivity index (χ3n) is 9.96. The first kappa shape index (κ1) is 21.0. The Labute approximate surface area is 180 Å². The molecule has 8 atom stereocenters. The molecule has 0 aromatic heterocycles. The summed E-state index contributed by atoms with van der Waals surface area (Å²) in [6.45, 7) is 9.49. The minimum Gasteiger partial charge on any atom is -0.463 e. The maximum absolute atomic E-state index is 11.5. The topological polar surface area (TPSA) is 65.0 Å². The van der Waals surface area contributed by atoms with E-state index in [1.165, 1.54) is 19.8 Å². The summed E-state index contributed by atoms with van der Waals surface area (Å²) in [4.78, 5) is 11.5. The molecule has 0 unspecified atom stereocenters. The molecule has 0 aromatic rings. The van der Waals surface area contributed by atoms with Crippen LogP contribution in [0.15, 0.2) is 11.6 Å². The largest absolute Gasteiger partial charge is 0.463 e. The number of esters is 1. The normalized spacial score (nSPS) is 47.8. The number of aliphatic hydroxyl groups is 1. The molecule has 0 amide bonds. The predicted molar refractivity (Wildman–Crippen MR) is 112 cm³/mol. The Kier molecular flexibility index (Phi) is 4.92. The second-order valence-corrected chi connectivity index (χ2v) is 11.1. The van der Waals surface area contributed by atoms with E-state index in [0.29, 0.717) is 36.9 Å². The van der Waals surface area contributed by atoms with Crippen LogP contribution in [-0.2, 0) is 19.0 Å². The first-order chi connectivity index (χ1) is 14.2. The molecule has 3 saturated carbocycles. The Hall–Kier alpha value is -0.910. The highest BCUT2D eigenvalue weighted by atomic mass is 16.7. The maximum Gasteiger partial charge on any atom is 0.302 e. The molecule has 5 heteroatoms. The van der Waals surface area contributed by atoms with Crippen molar-refractivity contribution in [1.82, 2.24) is 0 Å². The van der Waals surface area contributed by atoms with Gasteiger partial charge in [0.05, 0.1) is 19.3 Å². The van der Waals surface area contributed by atoms with E-state index >= 15 is 0 Å². The number of ether oxygens (including phenoxy) is 3. The van der Waals surface area contributed by atoms with E-state index in [0.717, 1.165) is 37.7 Å². The molecular formula is C25H38O5. The van der Waals surface area contributed by atoms with Crippen molar-refractivity contribution in [2.24, 2.45) is 34.5 Å². The zero-order valence-corrected chi connectivity index (χ0v) is 19.0. The van der Waals surface area contributed by atoms with Gasteiger partial charge < -0.3 is 19.3 Å². The SMILES string of the molecule is CC(=O)O[C@H]1CC[C@@]2(C)[C@@H](CC[C@@H]3[C@@H]2CC2(OCCO2)[C@]2(C)C([C@@H](C)O)=CC[C@@H]32)C1. The van der Waals surface area contributed by atoms with Crippen molar-refractivity contribution < 1.29 is 24.1 Å². The van der Waals surface area contributed by atoms with Crippen molar-refractivity contribution in [2.75, 3.05) is 13.2 Å². The van der Waals surface area contributed by atoms with Gasteiger partial charge >= 0.3 is 5.97 Å². The van der Waals surface area contributed by atoms with Crippen molar-refractivity contribution in [2.45, 2.75) is 90.6 Å². The van der Waals surface area contributed by atoms with Gasteiger partial charge in [0.1, 0.15) is 6.10 Å². The predicted octanol–water partition coefficient (Wildman–Crippen LogP) is 4.23. The Morgan fingerprint density at radius 2 is 1.93 bits per heavy atom. The lowest BCUT2D eigenvalue weighted by atomic mass is 9.43. The van der Waals surface area contributed by atoms with Crippen LogP contribution >= 0.6 is 0 Å². The van der Waals surface area contributed by atoms with Crippen molar-refractivity contribution >= 4 is 5.97 Å². The van der Waals surface area contributed by atoms with E-state index in [4.69, 9.17) is 14.2 Å². The monoisotopic (exact) mass is 418 g/mol. The summed E-state index contributed by atoms with van der Waals surface area (Å²) in [6.07, 6.45) is 9.32. The van der Waals surface area contributed by atoms with Crippen molar-refractivity contribution in [3.63, 3.8) is 0 Å². The molecule has 5 rings (SSSR count). The van der Waals surface area contributed by atoms with E-state index in [2.05, 4.69) is 19.9 Å². The number of carbonyl (C=O) groups excluding carboxylic acids is 1. The second-order valence-electron chi connectivity index (χ2n) is 11.1. The zero-order chi connectivity index (χ0) is 21.3. The van der Waals surface area contributed by atoms with Gasteiger partial charge in [0.15, 0.2) is 5.79 Å². The average molecular weight is 419 g/mol. The van der Waals surface area contributed by atoms with Crippen LogP contribution in [0.5, 0.6) is 0 Å². The molecular weight excluding hydrogens is 380 g/mol. The molecule has 5 nitrogen and oxygen atoms in total. The fourth-order valence-corrected chi connectivity index (χ4v) is 8.61. The summed E-state index contributed by atoms with van der Waals surface area (Å²) in [5, 5.41) is 10.6. The molecule has 0 bridgehead atoms. The van der Waals surface area contributed by atoms with Gasteiger partial charge in [-0.05, 0) is 80.1 Å². The summed E-state index contributed by atoms with van der Waals surface area (Å²) >= 11 is 0. The van der Waals surface area contributed by atoms with Crippen LogP contribution in [0.25, 0.3) is 0 Å². The Balaban J connectivity index is 1.48. The Bertz CT molecular complexity index is 738. The number of aliphatic hydroxyl groups excluding tert-OH is 1. The van der Waals surface area contributed by atoms with E-state index < -0.39 is 11.9 Å². The second kappa shape index (κ2) is 7.05. The van der Waals surface area contributed by atoms with Crippen molar-refractivity contribution in [3.8, 4) is 0 Å². The van der Waals surface area contributed by atoms with Crippen molar-refractivity contribution in [3.05, 3.63) is 11.6 Å². The van der Waals surface area contributed by atoms with Crippen molar-refractivity contribution in [1.29, 1.82) is 0 Å². The maximum atomic E-state index is 11.5. The number of carbonyl (C=O) groups is 1. The van der Waals surface area contributed by atoms with Crippen LogP contribution < -0.4 is 0 Å². The molecule has 30 heavy (non-hydrogen) atoms. The fourth-order valence-electron chi connectivity index (χ4n) is 8.61. The lowest BCUT2D eigenvalue weighted by Gasteiger charge is -2.64. The first-order valence-electron chi connectivity index (χ1n) is 12.0. The van der Waals surface area contributed by atoms with E-state index in [-0.39, 0.29) is 22.9 Å². The molecule has 1 saturated heterocycles. The summed E-state index contributed by atoms with van der Waals surface area (Å²) in [5.41, 5.74) is 1.10. The average Bonchev–Trinajstić information content (AvgIpc) is 3.29. The van der Waals surface area contributed by atoms with Crippen LogP contribution in [0.1, 0.15) is 72.6 Å². The van der Waals surface area contributed by atoms with Crippen LogP contribution in [0.4, 0.5) is 0 Å². The number of allylic oxidation sites excluding steroid dienone is 1. The van der Waals surface area contributed by atoms with E-state index in [1.54, 1.807) is 0 Å². The molecule has 1 N–H and O–H groups in total. The molecule has 1 heterocycles. The minimum atomic E-state index is -0.615. The van der Waals surface area contributed by atoms with Gasteiger partial charge in [0.25, 0.3) is 0 Å². The quantitative estimate of drug-likeness (QED) is 0.537. The van der Waals surface area contributed by atoms with Gasteiger partial charge in [-0.1, -0.05) is 19.9 Å². The highest BCUT2D eigenvalue weighted by molar-refractivity contribution is 5.66. The molecule has 0 aromatic carbocycles. The number of rotatable bonds is 2. The summed E-state index contributed by atoms with van der Waals surface area (Å²) in [6, 6.07) is 0. The minimum absolute atomic E-state index is 0.0777. The standard InChI is InChI=1S/C25H38O5/c1-15(26)20-7-8-21-19-6-5-17-13-18(30-16(2)27)9-10-23(17,3)22(19)14-25(24(20,21)4)28-11-12-29-25/h7,15,17-19,21-22,26H,5-6,8-14H2,1-4H3/t15-,17+,18+,19+,21+,22+,23+,24-/m1/s1. The lowest BCUT2D eigenvalue weighted by Crippen LogP contribution is -2.64. The van der Waals surface area contributed by atoms with Crippen LogP contribution in [0.2, 0.25) is 0 Å². The van der Waals surface area contributed by atoms with Gasteiger partial charge in [0, 0.05) is 18.8 Å². The summed E-state index contributed by atoms with van der Waals surface area (Å²) < 4.78 is 18.6. The first-order valence-corrected chi connectivity index (χ1v) is 12.0. The third kappa shape index (κ3) is 2.74. The number of hydrogen-bond donors (Lipinski definition) is 1. The third-order valence-corrected chi connectivity index (χ3v) is 9.96. The Morgan fingerprint density at radius 3 is 2.60 bits per heavy atom. The smallest absolute Gasteiger partial charge is 0.302 e. The number of hydrogen-bond acceptors (Lipinski definition) is 5. The molecule has 0 radical (unpaired) electrons. The highest BCUT2D eigenvalue weighted by Crippen LogP contribution is 2.70. The van der Waals surface area contributed by atoms with Gasteiger partial charge in [0.2, 0.25) is 0 Å². The van der Waals surface area contributed by atoms with Gasteiger partial charge in [-0.2, -0.15) is 0 Å². The Morgan fingerprint density at radius 1 is 1.20 bits per heavy atom. The molecule has 4 fully saturated rings. The molecule has 5 aliphatic rings. The molecule has 1 aliphatic heterocycles. The molecule has 168 valence electrons. The van der Waals surface area contributed by atoms with Gasteiger partial charge in [-0.25, -0.2) is 0 Å². The summed E-state index contributed by atoms with van der Waals surface area (Å²) in [5.74, 6) is 1.46. The highest BCUT2D eigenvalue weighted by Gasteiger charge is 2.70. The lowest BCUT2D eigenvalue weighted by molar-refractivity contribution is -0.294. The zero-order valence-electron chi connectivity index (χ0n) is 19.0. The van der Waals surface area contributed by atoms with Gasteiger partial charge in [-0.3, -0.25) is 4.79 Å².